The fourth-order valence-corrected chi connectivity index (χ4v) is 4.24. The van der Waals surface area contributed by atoms with Crippen LogP contribution in [-0.4, -0.2) is 34.4 Å². The second kappa shape index (κ2) is 9.46. The van der Waals surface area contributed by atoms with Crippen molar-refractivity contribution in [2.75, 3.05) is 16.9 Å². The van der Waals surface area contributed by atoms with Crippen LogP contribution in [0, 0.1) is 11.3 Å². The molecule has 1 aliphatic heterocycles. The van der Waals surface area contributed by atoms with Crippen molar-refractivity contribution in [3.05, 3.63) is 90.0 Å². The maximum atomic E-state index is 13.5. The number of hydrogen-bond acceptors (Lipinski definition) is 5. The van der Waals surface area contributed by atoms with Gasteiger partial charge in [-0.05, 0) is 63.2 Å². The van der Waals surface area contributed by atoms with E-state index in [1.807, 2.05) is 81.4 Å². The number of fused-ring (bicyclic) bond motifs is 1. The summed E-state index contributed by atoms with van der Waals surface area (Å²) in [6, 6.07) is 25.0. The quantitative estimate of drug-likeness (QED) is 0.521. The van der Waals surface area contributed by atoms with Crippen LogP contribution in [0.25, 0.3) is 0 Å². The monoisotopic (exact) mass is 456 g/mol. The third-order valence-electron chi connectivity index (χ3n) is 5.95. The number of hydrogen-bond donors (Lipinski definition) is 2. The SMILES string of the molecule is CCN(C(=O)Nc1ccccc1)N(c1ccccc1)C1c2cc(C#N)ccc2OC(C)(C)C1O. The van der Waals surface area contributed by atoms with Crippen LogP contribution in [0.1, 0.15) is 37.9 Å². The summed E-state index contributed by atoms with van der Waals surface area (Å²) in [4.78, 5) is 13.5. The lowest BCUT2D eigenvalue weighted by Crippen LogP contribution is -2.59. The molecule has 0 saturated heterocycles. The molecule has 0 aromatic heterocycles. The number of para-hydroxylation sites is 2. The maximum Gasteiger partial charge on any atom is 0.340 e. The van der Waals surface area contributed by atoms with Crippen LogP contribution in [0.2, 0.25) is 0 Å². The van der Waals surface area contributed by atoms with E-state index in [0.29, 0.717) is 29.1 Å². The minimum absolute atomic E-state index is 0.339. The number of nitrogens with one attached hydrogen (secondary N) is 1. The van der Waals surface area contributed by atoms with E-state index in [0.717, 1.165) is 5.69 Å². The van der Waals surface area contributed by atoms with Gasteiger partial charge in [0.25, 0.3) is 0 Å². The van der Waals surface area contributed by atoms with Gasteiger partial charge in [0.15, 0.2) is 0 Å². The molecule has 1 heterocycles. The Bertz CT molecular complexity index is 1190. The van der Waals surface area contributed by atoms with Crippen LogP contribution in [0.4, 0.5) is 16.2 Å². The van der Waals surface area contributed by atoms with Gasteiger partial charge in [-0.3, -0.25) is 5.01 Å². The maximum absolute atomic E-state index is 13.5. The first-order valence-electron chi connectivity index (χ1n) is 11.2. The van der Waals surface area contributed by atoms with Gasteiger partial charge in [-0.1, -0.05) is 36.4 Å². The predicted molar refractivity (Wildman–Crippen MR) is 131 cm³/mol. The van der Waals surface area contributed by atoms with Crippen molar-refractivity contribution in [3.8, 4) is 11.8 Å². The Kier molecular flexibility index (Phi) is 6.44. The van der Waals surface area contributed by atoms with E-state index >= 15 is 0 Å². The first-order valence-corrected chi connectivity index (χ1v) is 11.2. The largest absolute Gasteiger partial charge is 0.485 e. The van der Waals surface area contributed by atoms with Crippen molar-refractivity contribution >= 4 is 17.4 Å². The number of urea groups is 1. The van der Waals surface area contributed by atoms with E-state index in [1.165, 1.54) is 0 Å². The first kappa shape index (κ1) is 23.1. The molecule has 4 rings (SSSR count). The Balaban J connectivity index is 1.85. The van der Waals surface area contributed by atoms with E-state index in [4.69, 9.17) is 4.74 Å². The summed E-state index contributed by atoms with van der Waals surface area (Å²) >= 11 is 0. The highest BCUT2D eigenvalue weighted by Gasteiger charge is 2.47. The molecule has 2 N–H and O–H groups in total. The lowest BCUT2D eigenvalue weighted by molar-refractivity contribution is -0.0648. The second-order valence-electron chi connectivity index (χ2n) is 8.65. The highest BCUT2D eigenvalue weighted by atomic mass is 16.5. The second-order valence-corrected chi connectivity index (χ2v) is 8.65. The molecule has 3 aromatic rings. The summed E-state index contributed by atoms with van der Waals surface area (Å²) in [6.07, 6.45) is -1.01. The minimum atomic E-state index is -1.01. The van der Waals surface area contributed by atoms with E-state index in [9.17, 15) is 15.2 Å². The fraction of sp³-hybridized carbons (Fsp3) is 0.259. The van der Waals surface area contributed by atoms with E-state index in [-0.39, 0.29) is 6.03 Å². The van der Waals surface area contributed by atoms with E-state index < -0.39 is 17.7 Å². The molecule has 174 valence electrons. The topological polar surface area (TPSA) is 88.8 Å². The number of anilines is 2. The molecule has 3 aromatic carbocycles. The Morgan fingerprint density at radius 3 is 2.35 bits per heavy atom. The lowest BCUT2D eigenvalue weighted by Gasteiger charge is -2.49. The standard InChI is InChI=1S/C27H28N4O3/c1-4-30(26(33)29-20-11-7-5-8-12-20)31(21-13-9-6-10-14-21)24-22-17-19(18-28)15-16-23(22)34-27(2,3)25(24)32/h5-17,24-25,32H,4H2,1-3H3,(H,29,33). The summed E-state index contributed by atoms with van der Waals surface area (Å²) in [5, 5.41) is 27.4. The molecule has 7 heteroatoms. The fourth-order valence-electron chi connectivity index (χ4n) is 4.24. The van der Waals surface area contributed by atoms with E-state index in [2.05, 4.69) is 11.4 Å². The number of aliphatic hydroxyl groups excluding tert-OH is 1. The molecule has 7 nitrogen and oxygen atoms in total. The molecule has 0 radical (unpaired) electrons. The number of rotatable bonds is 5. The zero-order chi connectivity index (χ0) is 24.3. The van der Waals surface area contributed by atoms with Gasteiger partial charge in [0, 0.05) is 17.8 Å². The number of nitriles is 1. The van der Waals surface area contributed by atoms with E-state index in [1.54, 1.807) is 28.2 Å². The molecule has 1 aliphatic rings. The average molecular weight is 457 g/mol. The Morgan fingerprint density at radius 1 is 1.09 bits per heavy atom. The van der Waals surface area contributed by atoms with Crippen molar-refractivity contribution < 1.29 is 14.6 Å². The van der Waals surface area contributed by atoms with Crippen LogP contribution in [-0.2, 0) is 0 Å². The lowest BCUT2D eigenvalue weighted by atomic mass is 9.85. The van der Waals surface area contributed by atoms with Gasteiger partial charge in [-0.15, -0.1) is 0 Å². The number of ether oxygens (including phenoxy) is 1. The van der Waals surface area contributed by atoms with Crippen LogP contribution < -0.4 is 15.1 Å². The molecule has 0 aliphatic carbocycles. The summed E-state index contributed by atoms with van der Waals surface area (Å²) in [6.45, 7) is 5.85. The molecule has 2 amide bonds. The molecule has 0 spiro atoms. The van der Waals surface area contributed by atoms with Gasteiger partial charge in [-0.2, -0.15) is 5.26 Å². The summed E-state index contributed by atoms with van der Waals surface area (Å²) in [5.41, 5.74) is 1.54. The van der Waals surface area contributed by atoms with Crippen molar-refractivity contribution in [1.29, 1.82) is 5.26 Å². The third-order valence-corrected chi connectivity index (χ3v) is 5.95. The van der Waals surface area contributed by atoms with Gasteiger partial charge < -0.3 is 15.2 Å². The van der Waals surface area contributed by atoms with Crippen LogP contribution in [0.3, 0.4) is 0 Å². The zero-order valence-electron chi connectivity index (χ0n) is 19.5. The zero-order valence-corrected chi connectivity index (χ0v) is 19.5. The Labute approximate surface area is 199 Å². The number of benzene rings is 3. The first-order chi connectivity index (χ1) is 16.4. The van der Waals surface area contributed by atoms with Crippen molar-refractivity contribution in [2.24, 2.45) is 0 Å². The number of nitrogens with zero attached hydrogens (tertiary/aromatic N) is 3. The minimum Gasteiger partial charge on any atom is -0.485 e. The molecule has 2 atom stereocenters. The summed E-state index contributed by atoms with van der Waals surface area (Å²) in [5.74, 6) is 0.569. The van der Waals surface area contributed by atoms with Gasteiger partial charge in [0.1, 0.15) is 23.5 Å². The highest BCUT2D eigenvalue weighted by Crippen LogP contribution is 2.45. The number of carbonyl (C=O) groups excluding carboxylic acids is 1. The molecular weight excluding hydrogens is 428 g/mol. The highest BCUT2D eigenvalue weighted by molar-refractivity contribution is 5.90. The normalized spacial score (nSPS) is 18.1. The van der Waals surface area contributed by atoms with Crippen molar-refractivity contribution in [1.82, 2.24) is 5.01 Å². The van der Waals surface area contributed by atoms with Gasteiger partial charge in [0.05, 0.1) is 17.3 Å². The molecule has 2 unspecified atom stereocenters. The number of carbonyl (C=O) groups is 1. The van der Waals surface area contributed by atoms with Crippen LogP contribution in [0.5, 0.6) is 5.75 Å². The summed E-state index contributed by atoms with van der Waals surface area (Å²) in [7, 11) is 0. The number of aliphatic hydroxyl groups is 1. The Morgan fingerprint density at radius 2 is 1.74 bits per heavy atom. The smallest absolute Gasteiger partial charge is 0.340 e. The molecule has 0 saturated carbocycles. The summed E-state index contributed by atoms with van der Waals surface area (Å²) < 4.78 is 6.11. The van der Waals surface area contributed by atoms with Gasteiger partial charge in [0.2, 0.25) is 0 Å². The third kappa shape index (κ3) is 4.41. The Hall–Kier alpha value is -4.02. The van der Waals surface area contributed by atoms with Crippen LogP contribution >= 0.6 is 0 Å². The molecule has 0 fully saturated rings. The number of hydrazine groups is 1. The molecule has 34 heavy (non-hydrogen) atoms. The van der Waals surface area contributed by atoms with Crippen LogP contribution in [0.15, 0.2) is 78.9 Å². The van der Waals surface area contributed by atoms with Gasteiger partial charge >= 0.3 is 6.03 Å². The predicted octanol–water partition coefficient (Wildman–Crippen LogP) is 5.11. The molecular formula is C27H28N4O3. The van der Waals surface area contributed by atoms with Gasteiger partial charge in [-0.25, -0.2) is 9.80 Å². The average Bonchev–Trinajstić information content (AvgIpc) is 2.84. The van der Waals surface area contributed by atoms with Crippen molar-refractivity contribution in [2.45, 2.75) is 38.5 Å². The van der Waals surface area contributed by atoms with Crippen molar-refractivity contribution in [3.63, 3.8) is 0 Å². The molecule has 0 bridgehead atoms. The number of amides is 2.